The van der Waals surface area contributed by atoms with Crippen LogP contribution in [-0.2, 0) is 4.79 Å². The molecule has 2 aromatic carbocycles. The number of ether oxygens (including phenoxy) is 1. The highest BCUT2D eigenvalue weighted by molar-refractivity contribution is 6.05. The van der Waals surface area contributed by atoms with Crippen molar-refractivity contribution < 1.29 is 23.1 Å². The van der Waals surface area contributed by atoms with Crippen LogP contribution in [0.25, 0.3) is 0 Å². The number of carbonyl (C=O) groups excluding carboxylic acids is 2. The lowest BCUT2D eigenvalue weighted by Gasteiger charge is -2.27. The van der Waals surface area contributed by atoms with Crippen LogP contribution < -0.4 is 15.0 Å². The number of nitrogens with zero attached hydrogens (tertiary/aromatic N) is 1. The largest absolute Gasteiger partial charge is 0.490 e. The van der Waals surface area contributed by atoms with Crippen LogP contribution in [0.5, 0.6) is 5.75 Å². The molecule has 0 saturated carbocycles. The molecule has 3 rings (SSSR count). The maximum Gasteiger partial charge on any atom is 0.255 e. The zero-order chi connectivity index (χ0) is 19.8. The van der Waals surface area contributed by atoms with E-state index in [-0.39, 0.29) is 18.1 Å². The summed E-state index contributed by atoms with van der Waals surface area (Å²) < 4.78 is 32.2. The summed E-state index contributed by atoms with van der Waals surface area (Å²) in [5.41, 5.74) is 0.281. The van der Waals surface area contributed by atoms with Gasteiger partial charge in [0.2, 0.25) is 5.91 Å². The number of benzene rings is 2. The van der Waals surface area contributed by atoms with E-state index < -0.39 is 23.0 Å². The van der Waals surface area contributed by atoms with Crippen LogP contribution >= 0.6 is 0 Å². The fraction of sp³-hybridized carbons (Fsp3) is 0.300. The van der Waals surface area contributed by atoms with Crippen LogP contribution in [0.4, 0.5) is 20.2 Å². The molecule has 2 aromatic rings. The molecule has 1 heterocycles. The van der Waals surface area contributed by atoms with E-state index in [0.29, 0.717) is 23.7 Å². The Morgan fingerprint density at radius 3 is 2.59 bits per heavy atom. The lowest BCUT2D eigenvalue weighted by molar-refractivity contribution is -0.127. The van der Waals surface area contributed by atoms with Crippen LogP contribution in [0.15, 0.2) is 36.4 Å². The second kappa shape index (κ2) is 6.98. The van der Waals surface area contributed by atoms with E-state index in [2.05, 4.69) is 5.32 Å². The molecule has 0 radical (unpaired) electrons. The van der Waals surface area contributed by atoms with Crippen molar-refractivity contribution in [3.63, 3.8) is 0 Å². The van der Waals surface area contributed by atoms with E-state index in [9.17, 15) is 18.4 Å². The molecule has 0 bridgehead atoms. The zero-order valence-electron chi connectivity index (χ0n) is 15.3. The van der Waals surface area contributed by atoms with E-state index in [1.54, 1.807) is 23.1 Å². The van der Waals surface area contributed by atoms with Crippen LogP contribution in [-0.4, -0.2) is 25.0 Å². The molecule has 0 aromatic heterocycles. The average Bonchev–Trinajstić information content (AvgIpc) is 2.72. The molecule has 27 heavy (non-hydrogen) atoms. The summed E-state index contributed by atoms with van der Waals surface area (Å²) in [6, 6.07) is 7.87. The molecular formula is C20H20F2N2O3. The summed E-state index contributed by atoms with van der Waals surface area (Å²) in [5.74, 6) is -2.23. The maximum atomic E-state index is 13.3. The molecule has 0 atom stereocenters. The van der Waals surface area contributed by atoms with E-state index in [4.69, 9.17) is 4.74 Å². The van der Waals surface area contributed by atoms with Crippen molar-refractivity contribution in [3.8, 4) is 5.75 Å². The van der Waals surface area contributed by atoms with Gasteiger partial charge in [0.15, 0.2) is 11.6 Å². The Morgan fingerprint density at radius 2 is 1.93 bits per heavy atom. The molecule has 0 spiro atoms. The third-order valence-corrected chi connectivity index (χ3v) is 4.42. The standard InChI is InChI=1S/C20H20F2N2O3/c1-4-24-16-10-13(6-8-17(16)27-11-20(2,3)19(24)26)23-18(25)12-5-7-14(21)15(22)9-12/h5-10H,4,11H2,1-3H3,(H,23,25). The molecule has 2 amide bonds. The van der Waals surface area contributed by atoms with Gasteiger partial charge in [-0.15, -0.1) is 0 Å². The van der Waals surface area contributed by atoms with Gasteiger partial charge in [-0.1, -0.05) is 0 Å². The Morgan fingerprint density at radius 1 is 1.19 bits per heavy atom. The van der Waals surface area contributed by atoms with E-state index >= 15 is 0 Å². The fourth-order valence-electron chi connectivity index (χ4n) is 2.88. The number of fused-ring (bicyclic) bond motifs is 1. The van der Waals surface area contributed by atoms with Crippen LogP contribution in [0, 0.1) is 17.0 Å². The summed E-state index contributed by atoms with van der Waals surface area (Å²) in [6.45, 7) is 6.18. The molecule has 0 fully saturated rings. The predicted molar refractivity (Wildman–Crippen MR) is 98.1 cm³/mol. The second-order valence-corrected chi connectivity index (χ2v) is 6.99. The number of hydrogen-bond acceptors (Lipinski definition) is 3. The van der Waals surface area contributed by atoms with Crippen molar-refractivity contribution in [2.75, 3.05) is 23.4 Å². The lowest BCUT2D eigenvalue weighted by Crippen LogP contribution is -2.42. The molecule has 1 N–H and O–H groups in total. The molecule has 7 heteroatoms. The van der Waals surface area contributed by atoms with Gasteiger partial charge in [0.05, 0.1) is 11.1 Å². The fourth-order valence-corrected chi connectivity index (χ4v) is 2.88. The van der Waals surface area contributed by atoms with Crippen molar-refractivity contribution in [2.24, 2.45) is 5.41 Å². The minimum atomic E-state index is -1.09. The van der Waals surface area contributed by atoms with Gasteiger partial charge in [0, 0.05) is 17.8 Å². The Hall–Kier alpha value is -2.96. The highest BCUT2D eigenvalue weighted by atomic mass is 19.2. The maximum absolute atomic E-state index is 13.3. The second-order valence-electron chi connectivity index (χ2n) is 6.99. The molecular weight excluding hydrogens is 354 g/mol. The molecule has 0 unspecified atom stereocenters. The summed E-state index contributed by atoms with van der Waals surface area (Å²) in [5, 5.41) is 2.63. The van der Waals surface area contributed by atoms with E-state index in [0.717, 1.165) is 12.1 Å². The number of halogens is 2. The first-order chi connectivity index (χ1) is 12.7. The number of hydrogen-bond donors (Lipinski definition) is 1. The number of amides is 2. The normalized spacial score (nSPS) is 15.6. The van der Waals surface area contributed by atoms with Gasteiger partial charge in [-0.3, -0.25) is 9.59 Å². The predicted octanol–water partition coefficient (Wildman–Crippen LogP) is 3.99. The van der Waals surface area contributed by atoms with Gasteiger partial charge < -0.3 is 15.0 Å². The van der Waals surface area contributed by atoms with Crippen molar-refractivity contribution in [2.45, 2.75) is 20.8 Å². The Balaban J connectivity index is 1.90. The minimum absolute atomic E-state index is 0.00958. The first-order valence-electron chi connectivity index (χ1n) is 8.58. The third kappa shape index (κ3) is 3.63. The Bertz CT molecular complexity index is 912. The summed E-state index contributed by atoms with van der Waals surface area (Å²) in [4.78, 5) is 26.7. The van der Waals surface area contributed by atoms with E-state index in [1.165, 1.54) is 6.07 Å². The van der Waals surface area contributed by atoms with Crippen molar-refractivity contribution in [1.82, 2.24) is 0 Å². The van der Waals surface area contributed by atoms with Gasteiger partial charge >= 0.3 is 0 Å². The topological polar surface area (TPSA) is 58.6 Å². The number of rotatable bonds is 3. The quantitative estimate of drug-likeness (QED) is 0.884. The highest BCUT2D eigenvalue weighted by Gasteiger charge is 2.37. The van der Waals surface area contributed by atoms with Crippen LogP contribution in [0.2, 0.25) is 0 Å². The Labute approximate surface area is 155 Å². The third-order valence-electron chi connectivity index (χ3n) is 4.42. The molecule has 1 aliphatic rings. The average molecular weight is 374 g/mol. The summed E-state index contributed by atoms with van der Waals surface area (Å²) in [7, 11) is 0. The molecule has 5 nitrogen and oxygen atoms in total. The van der Waals surface area contributed by atoms with E-state index in [1.807, 2.05) is 20.8 Å². The zero-order valence-corrected chi connectivity index (χ0v) is 15.3. The van der Waals surface area contributed by atoms with Gasteiger partial charge in [0.25, 0.3) is 5.91 Å². The van der Waals surface area contributed by atoms with Gasteiger partial charge in [-0.05, 0) is 57.2 Å². The number of carbonyl (C=O) groups is 2. The van der Waals surface area contributed by atoms with Gasteiger partial charge in [-0.25, -0.2) is 8.78 Å². The number of nitrogens with one attached hydrogen (secondary N) is 1. The van der Waals surface area contributed by atoms with Gasteiger partial charge in [0.1, 0.15) is 12.4 Å². The minimum Gasteiger partial charge on any atom is -0.490 e. The first kappa shape index (κ1) is 18.8. The lowest BCUT2D eigenvalue weighted by atomic mass is 9.93. The molecule has 0 aliphatic carbocycles. The molecule has 0 saturated heterocycles. The van der Waals surface area contributed by atoms with Crippen LogP contribution in [0.1, 0.15) is 31.1 Å². The first-order valence-corrected chi connectivity index (χ1v) is 8.58. The molecule has 142 valence electrons. The summed E-state index contributed by atoms with van der Waals surface area (Å²) >= 11 is 0. The highest BCUT2D eigenvalue weighted by Crippen LogP contribution is 2.38. The SMILES string of the molecule is CCN1C(=O)C(C)(C)COc2ccc(NC(=O)c3ccc(F)c(F)c3)cc21. The van der Waals surface area contributed by atoms with Gasteiger partial charge in [-0.2, -0.15) is 0 Å². The molecule has 1 aliphatic heterocycles. The summed E-state index contributed by atoms with van der Waals surface area (Å²) in [6.07, 6.45) is 0. The monoisotopic (exact) mass is 374 g/mol. The van der Waals surface area contributed by atoms with Crippen molar-refractivity contribution >= 4 is 23.2 Å². The Kier molecular flexibility index (Phi) is 4.87. The smallest absolute Gasteiger partial charge is 0.255 e. The van der Waals surface area contributed by atoms with Crippen molar-refractivity contribution in [3.05, 3.63) is 53.6 Å². The van der Waals surface area contributed by atoms with Crippen molar-refractivity contribution in [1.29, 1.82) is 0 Å². The van der Waals surface area contributed by atoms with Crippen LogP contribution in [0.3, 0.4) is 0 Å². The number of anilines is 2.